The van der Waals surface area contributed by atoms with Crippen LogP contribution in [0.1, 0.15) is 30.1 Å². The number of sulfonamides is 1. The monoisotopic (exact) mass is 478 g/mol. The van der Waals surface area contributed by atoms with E-state index in [1.165, 1.54) is 23.9 Å². The highest BCUT2D eigenvalue weighted by atomic mass is 32.2. The summed E-state index contributed by atoms with van der Waals surface area (Å²) in [6.45, 7) is 3.86. The molecule has 3 rings (SSSR count). The molecule has 0 radical (unpaired) electrons. The minimum Gasteiger partial charge on any atom is -0.497 e. The molecule has 1 saturated heterocycles. The molecule has 1 N–H and O–H groups in total. The molecule has 0 unspecified atom stereocenters. The second-order valence-corrected chi connectivity index (χ2v) is 10.4. The molecular weight excluding hydrogens is 448 g/mol. The molecule has 0 aromatic heterocycles. The maximum absolute atomic E-state index is 13.1. The van der Waals surface area contributed by atoms with Crippen molar-refractivity contribution in [1.29, 1.82) is 0 Å². The number of carbonyl (C=O) groups excluding carboxylic acids is 1. The van der Waals surface area contributed by atoms with E-state index in [9.17, 15) is 13.2 Å². The maximum atomic E-state index is 13.1. The van der Waals surface area contributed by atoms with Crippen LogP contribution < -0.4 is 14.2 Å². The summed E-state index contributed by atoms with van der Waals surface area (Å²) in [6.07, 6.45) is 3.81. The first-order chi connectivity index (χ1) is 15.3. The predicted molar refractivity (Wildman–Crippen MR) is 126 cm³/mol. The van der Waals surface area contributed by atoms with Gasteiger partial charge in [0.2, 0.25) is 10.0 Å². The molecule has 0 atom stereocenters. The van der Waals surface area contributed by atoms with Crippen molar-refractivity contribution >= 4 is 27.7 Å². The van der Waals surface area contributed by atoms with E-state index < -0.39 is 10.0 Å². The van der Waals surface area contributed by atoms with Crippen molar-refractivity contribution in [2.75, 3.05) is 39.6 Å². The lowest BCUT2D eigenvalue weighted by Gasteiger charge is -2.30. The molecule has 0 spiro atoms. The number of hydrogen-bond acceptors (Lipinski definition) is 6. The lowest BCUT2D eigenvalue weighted by Crippen LogP contribution is -2.38. The summed E-state index contributed by atoms with van der Waals surface area (Å²) in [5, 5.41) is 0. The number of likely N-dealkylation sites (tertiary alicyclic amines) is 1. The van der Waals surface area contributed by atoms with Crippen LogP contribution in [-0.2, 0) is 10.0 Å². The van der Waals surface area contributed by atoms with Crippen LogP contribution in [0.4, 0.5) is 0 Å². The van der Waals surface area contributed by atoms with Crippen molar-refractivity contribution in [3.63, 3.8) is 0 Å². The van der Waals surface area contributed by atoms with E-state index in [1.54, 1.807) is 37.4 Å². The summed E-state index contributed by atoms with van der Waals surface area (Å²) in [6, 6.07) is 11.8. The van der Waals surface area contributed by atoms with Gasteiger partial charge in [-0.25, -0.2) is 13.1 Å². The zero-order chi connectivity index (χ0) is 23.1. The van der Waals surface area contributed by atoms with Crippen molar-refractivity contribution in [3.05, 3.63) is 48.0 Å². The van der Waals surface area contributed by atoms with Crippen molar-refractivity contribution in [2.45, 2.75) is 29.6 Å². The third kappa shape index (κ3) is 6.17. The molecule has 174 valence electrons. The minimum atomic E-state index is -3.78. The van der Waals surface area contributed by atoms with E-state index >= 15 is 0 Å². The van der Waals surface area contributed by atoms with Crippen LogP contribution in [-0.4, -0.2) is 58.8 Å². The minimum absolute atomic E-state index is 0.0773. The lowest BCUT2D eigenvalue weighted by molar-refractivity contribution is 0.0693. The van der Waals surface area contributed by atoms with Crippen molar-refractivity contribution < 1.29 is 22.7 Å². The molecule has 2 aromatic carbocycles. The summed E-state index contributed by atoms with van der Waals surface area (Å²) in [4.78, 5) is 15.8. The lowest BCUT2D eigenvalue weighted by atomic mass is 9.98. The molecule has 32 heavy (non-hydrogen) atoms. The first-order valence-corrected chi connectivity index (χ1v) is 13.3. The quantitative estimate of drug-likeness (QED) is 0.438. The van der Waals surface area contributed by atoms with E-state index in [-0.39, 0.29) is 24.0 Å². The molecule has 0 saturated carbocycles. The molecule has 1 aliphatic heterocycles. The first-order valence-electron chi connectivity index (χ1n) is 10.6. The molecule has 1 aliphatic rings. The maximum Gasteiger partial charge on any atom is 0.255 e. The molecule has 1 amide bonds. The Hall–Kier alpha value is -2.23. The van der Waals surface area contributed by atoms with Crippen LogP contribution in [0.5, 0.6) is 11.5 Å². The Morgan fingerprint density at radius 1 is 1.12 bits per heavy atom. The number of amides is 1. The number of methoxy groups -OCH3 is 1. The van der Waals surface area contributed by atoms with E-state index in [4.69, 9.17) is 9.47 Å². The molecule has 0 bridgehead atoms. The zero-order valence-corrected chi connectivity index (χ0v) is 20.3. The Balaban J connectivity index is 1.64. The van der Waals surface area contributed by atoms with Gasteiger partial charge in [-0.15, -0.1) is 11.8 Å². The van der Waals surface area contributed by atoms with Crippen LogP contribution in [0.3, 0.4) is 0 Å². The second-order valence-electron chi connectivity index (χ2n) is 7.76. The van der Waals surface area contributed by atoms with Gasteiger partial charge in [-0.2, -0.15) is 0 Å². The largest absolute Gasteiger partial charge is 0.497 e. The number of benzene rings is 2. The Morgan fingerprint density at radius 2 is 1.78 bits per heavy atom. The molecule has 1 heterocycles. The number of thioether (sulfide) groups is 1. The fourth-order valence-electron chi connectivity index (χ4n) is 3.50. The standard InChI is InChI=1S/C23H30N2O5S2/c1-17-10-13-25(14-11-17)23(26)21-16-20(8-9-22(21)31-3)32(27,28)24-12-15-30-19-6-4-18(29-2)5-7-19/h4-9,16-17,24H,10-15H2,1-3H3. The van der Waals surface area contributed by atoms with Gasteiger partial charge in [-0.1, -0.05) is 6.92 Å². The highest BCUT2D eigenvalue weighted by Crippen LogP contribution is 2.27. The van der Waals surface area contributed by atoms with E-state index in [0.717, 1.165) is 23.5 Å². The first kappa shape index (κ1) is 24.4. The average molecular weight is 479 g/mol. The van der Waals surface area contributed by atoms with Gasteiger partial charge in [-0.05, 0) is 67.5 Å². The molecule has 2 aromatic rings. The highest BCUT2D eigenvalue weighted by molar-refractivity contribution is 7.98. The van der Waals surface area contributed by atoms with Crippen LogP contribution in [0, 0.1) is 5.92 Å². The van der Waals surface area contributed by atoms with Gasteiger partial charge in [0.25, 0.3) is 5.91 Å². The topological polar surface area (TPSA) is 84.9 Å². The second kappa shape index (κ2) is 11.1. The number of nitrogens with zero attached hydrogens (tertiary/aromatic N) is 1. The summed E-state index contributed by atoms with van der Waals surface area (Å²) in [5.41, 5.74) is 0.435. The number of nitrogens with one attached hydrogen (secondary N) is 1. The number of ether oxygens (including phenoxy) is 2. The summed E-state index contributed by atoms with van der Waals surface area (Å²) < 4.78 is 38.8. The molecule has 7 nitrogen and oxygen atoms in total. The van der Waals surface area contributed by atoms with Crippen LogP contribution >= 0.6 is 11.8 Å². The number of piperidine rings is 1. The van der Waals surface area contributed by atoms with E-state index in [0.29, 0.717) is 30.3 Å². The smallest absolute Gasteiger partial charge is 0.255 e. The van der Waals surface area contributed by atoms with Crippen molar-refractivity contribution in [3.8, 4) is 11.5 Å². The normalized spacial score (nSPS) is 14.9. The van der Waals surface area contributed by atoms with Crippen LogP contribution in [0.25, 0.3) is 0 Å². The third-order valence-electron chi connectivity index (χ3n) is 5.50. The zero-order valence-electron chi connectivity index (χ0n) is 18.7. The average Bonchev–Trinajstić information content (AvgIpc) is 2.82. The van der Waals surface area contributed by atoms with Crippen LogP contribution in [0.15, 0.2) is 52.3 Å². The van der Waals surface area contributed by atoms with Gasteiger partial charge in [0, 0.05) is 24.5 Å². The Bertz CT molecular complexity index is 1020. The summed E-state index contributed by atoms with van der Waals surface area (Å²) in [5.74, 6) is 1.84. The number of carbonyl (C=O) groups is 1. The fraction of sp³-hybridized carbons (Fsp3) is 0.435. The van der Waals surface area contributed by atoms with Gasteiger partial charge >= 0.3 is 0 Å². The van der Waals surface area contributed by atoms with Gasteiger partial charge in [0.15, 0.2) is 0 Å². The number of rotatable bonds is 9. The van der Waals surface area contributed by atoms with Gasteiger partial charge in [0.1, 0.15) is 18.1 Å². The Kier molecular flexibility index (Phi) is 8.44. The Labute approximate surface area is 194 Å². The molecule has 9 heteroatoms. The van der Waals surface area contributed by atoms with Crippen LogP contribution in [0.2, 0.25) is 0 Å². The highest BCUT2D eigenvalue weighted by Gasteiger charge is 2.25. The SMILES string of the molecule is COc1ccc(OCCNS(=O)(=O)c2ccc(SC)c(C(=O)N3CCC(C)CC3)c2)cc1. The van der Waals surface area contributed by atoms with Gasteiger partial charge < -0.3 is 14.4 Å². The van der Waals surface area contributed by atoms with Gasteiger partial charge in [0.05, 0.1) is 17.6 Å². The summed E-state index contributed by atoms with van der Waals surface area (Å²) >= 11 is 1.44. The molecule has 1 fully saturated rings. The molecular formula is C23H30N2O5S2. The Morgan fingerprint density at radius 3 is 2.41 bits per heavy atom. The molecule has 0 aliphatic carbocycles. The van der Waals surface area contributed by atoms with Crippen molar-refractivity contribution in [2.24, 2.45) is 5.92 Å². The van der Waals surface area contributed by atoms with E-state index in [2.05, 4.69) is 11.6 Å². The predicted octanol–water partition coefficient (Wildman–Crippen LogP) is 3.65. The van der Waals surface area contributed by atoms with Crippen molar-refractivity contribution in [1.82, 2.24) is 9.62 Å². The number of hydrogen-bond donors (Lipinski definition) is 1. The summed E-state index contributed by atoms with van der Waals surface area (Å²) in [7, 11) is -2.19. The fourth-order valence-corrected chi connectivity index (χ4v) is 5.11. The van der Waals surface area contributed by atoms with E-state index in [1.807, 2.05) is 11.2 Å². The van der Waals surface area contributed by atoms with Gasteiger partial charge in [-0.3, -0.25) is 4.79 Å². The third-order valence-corrected chi connectivity index (χ3v) is 7.76.